The molecule has 0 N–H and O–H groups in total. The van der Waals surface area contributed by atoms with Crippen molar-refractivity contribution in [2.24, 2.45) is 0 Å². The lowest BCUT2D eigenvalue weighted by Crippen LogP contribution is -2.03. The van der Waals surface area contributed by atoms with Gasteiger partial charge in [0.15, 0.2) is 5.82 Å². The van der Waals surface area contributed by atoms with Crippen LogP contribution in [0.2, 0.25) is 0 Å². The Morgan fingerprint density at radius 1 is 0.413 bits per heavy atom. The first-order valence-corrected chi connectivity index (χ1v) is 16.4. The molecule has 0 radical (unpaired) electrons. The van der Waals surface area contributed by atoms with Gasteiger partial charge in [-0.3, -0.25) is 4.57 Å². The van der Waals surface area contributed by atoms with Gasteiger partial charge in [0.05, 0.1) is 22.1 Å². The molecule has 0 aliphatic heterocycles. The van der Waals surface area contributed by atoms with Crippen molar-refractivity contribution in [3.05, 3.63) is 140 Å². The van der Waals surface area contributed by atoms with Gasteiger partial charge in [-0.1, -0.05) is 103 Å². The summed E-state index contributed by atoms with van der Waals surface area (Å²) >= 11 is 1.89. The third-order valence-corrected chi connectivity index (χ3v) is 10.8. The summed E-state index contributed by atoms with van der Waals surface area (Å²) in [4.78, 5) is 10.7. The van der Waals surface area contributed by atoms with Crippen LogP contribution in [0.15, 0.2) is 140 Å². The highest BCUT2D eigenvalue weighted by atomic mass is 32.1. The number of fused-ring (bicyclic) bond motifs is 2. The molecule has 0 unspecified atom stereocenters. The van der Waals surface area contributed by atoms with Crippen molar-refractivity contribution in [1.29, 1.82) is 0 Å². The molecule has 0 amide bonds. The summed E-state index contributed by atoms with van der Waals surface area (Å²) in [6.45, 7) is 0. The normalized spacial score (nSPS) is 12.3. The molecule has 10 aromatic rings. The summed E-state index contributed by atoms with van der Waals surface area (Å²) < 4.78 is 5.04. The van der Waals surface area contributed by atoms with Gasteiger partial charge in [0.1, 0.15) is 5.69 Å². The molecule has 46 heavy (non-hydrogen) atoms. The average molecular weight is 602 g/mol. The quantitative estimate of drug-likeness (QED) is 0.202. The lowest BCUT2D eigenvalue weighted by Gasteiger charge is -2.15. The van der Waals surface area contributed by atoms with E-state index in [0.29, 0.717) is 0 Å². The maximum absolute atomic E-state index is 5.39. The Labute approximate surface area is 267 Å². The van der Waals surface area contributed by atoms with E-state index in [2.05, 4.69) is 132 Å². The molecule has 0 fully saturated rings. The van der Waals surface area contributed by atoms with Gasteiger partial charge < -0.3 is 0 Å². The van der Waals surface area contributed by atoms with Crippen LogP contribution in [0.3, 0.4) is 0 Å². The van der Waals surface area contributed by atoms with Crippen LogP contribution in [0.25, 0.3) is 103 Å². The molecule has 3 aromatic heterocycles. The number of hydrogen-bond donors (Lipinski definition) is 0. The van der Waals surface area contributed by atoms with Crippen LogP contribution in [-0.2, 0) is 0 Å². The van der Waals surface area contributed by atoms with Crippen molar-refractivity contribution in [2.45, 2.75) is 0 Å². The Kier molecular flexibility index (Phi) is 4.72. The highest BCUT2D eigenvalue weighted by Crippen LogP contribution is 2.52. The van der Waals surface area contributed by atoms with E-state index in [1.54, 1.807) is 0 Å². The number of aromatic nitrogens is 3. The first-order valence-electron chi connectivity index (χ1n) is 15.6. The van der Waals surface area contributed by atoms with Crippen molar-refractivity contribution in [1.82, 2.24) is 14.5 Å². The van der Waals surface area contributed by atoms with E-state index in [1.807, 2.05) is 23.5 Å². The fraction of sp³-hybridized carbons (Fsp3) is 0. The minimum absolute atomic E-state index is 0.846. The zero-order valence-electron chi connectivity index (χ0n) is 24.5. The van der Waals surface area contributed by atoms with Crippen LogP contribution in [0.1, 0.15) is 0 Å². The fourth-order valence-electron chi connectivity index (χ4n) is 7.74. The smallest absolute Gasteiger partial charge is 0.165 e. The Bertz CT molecular complexity index is 2900. The number of nitrogens with zero attached hydrogens (tertiary/aromatic N) is 3. The molecule has 1 aliphatic rings. The first-order chi connectivity index (χ1) is 22.8. The maximum atomic E-state index is 5.39. The van der Waals surface area contributed by atoms with E-state index in [9.17, 15) is 0 Å². The van der Waals surface area contributed by atoms with Gasteiger partial charge in [0, 0.05) is 41.9 Å². The zero-order valence-corrected chi connectivity index (χ0v) is 25.3. The van der Waals surface area contributed by atoms with Gasteiger partial charge in [-0.2, -0.15) is 0 Å². The average Bonchev–Trinajstić information content (AvgIpc) is 3.63. The second-order valence-corrected chi connectivity index (χ2v) is 13.2. The Morgan fingerprint density at radius 2 is 1.07 bits per heavy atom. The number of thiophene rings is 1. The summed E-state index contributed by atoms with van der Waals surface area (Å²) in [7, 11) is 0. The summed E-state index contributed by atoms with van der Waals surface area (Å²) in [5.41, 5.74) is 10.9. The topological polar surface area (TPSA) is 30.7 Å². The largest absolute Gasteiger partial charge is 0.292 e. The van der Waals surface area contributed by atoms with E-state index >= 15 is 0 Å². The van der Waals surface area contributed by atoms with Crippen molar-refractivity contribution in [2.75, 3.05) is 0 Å². The zero-order chi connectivity index (χ0) is 29.9. The molecule has 212 valence electrons. The molecular weight excluding hydrogens is 579 g/mol. The molecule has 0 saturated heterocycles. The third-order valence-electron chi connectivity index (χ3n) is 9.72. The Hall–Kier alpha value is -5.84. The van der Waals surface area contributed by atoms with Crippen molar-refractivity contribution in [3.63, 3.8) is 0 Å². The fourth-order valence-corrected chi connectivity index (χ4v) is 8.88. The van der Waals surface area contributed by atoms with Gasteiger partial charge in [-0.05, 0) is 64.0 Å². The third kappa shape index (κ3) is 3.16. The number of rotatable bonds is 3. The summed E-state index contributed by atoms with van der Waals surface area (Å²) in [5, 5.41) is 7.93. The Balaban J connectivity index is 1.29. The predicted octanol–water partition coefficient (Wildman–Crippen LogP) is 11.6. The van der Waals surface area contributed by atoms with Crippen LogP contribution in [-0.4, -0.2) is 14.5 Å². The molecule has 0 atom stereocenters. The molecule has 1 aliphatic carbocycles. The molecular formula is C42H23N3S. The molecule has 0 saturated carbocycles. The minimum atomic E-state index is 0.846. The predicted molar refractivity (Wildman–Crippen MR) is 194 cm³/mol. The van der Waals surface area contributed by atoms with Gasteiger partial charge >= 0.3 is 0 Å². The molecule has 7 aromatic carbocycles. The molecule has 3 heterocycles. The van der Waals surface area contributed by atoms with E-state index in [4.69, 9.17) is 9.97 Å². The van der Waals surface area contributed by atoms with Crippen molar-refractivity contribution >= 4 is 75.1 Å². The van der Waals surface area contributed by atoms with Gasteiger partial charge in [0.2, 0.25) is 0 Å². The van der Waals surface area contributed by atoms with Gasteiger partial charge in [-0.25, -0.2) is 9.97 Å². The SMILES string of the molecule is c1ccc(-c2ccc(-c3nc4ccccc4nc3-n3c4cccc5c4c4c6c(ccc7sc8cccc-5c8c76)ccc43)cc2)cc1. The van der Waals surface area contributed by atoms with Crippen molar-refractivity contribution in [3.8, 4) is 39.3 Å². The van der Waals surface area contributed by atoms with E-state index in [0.717, 1.165) is 39.1 Å². The number of benzene rings is 7. The van der Waals surface area contributed by atoms with E-state index < -0.39 is 0 Å². The summed E-state index contributed by atoms with van der Waals surface area (Å²) in [6.07, 6.45) is 0. The molecule has 0 spiro atoms. The number of hydrogen-bond acceptors (Lipinski definition) is 3. The van der Waals surface area contributed by atoms with Crippen LogP contribution in [0.5, 0.6) is 0 Å². The van der Waals surface area contributed by atoms with Crippen LogP contribution in [0, 0.1) is 0 Å². The van der Waals surface area contributed by atoms with E-state index in [-0.39, 0.29) is 0 Å². The van der Waals surface area contributed by atoms with Crippen LogP contribution in [0.4, 0.5) is 0 Å². The Morgan fingerprint density at radius 3 is 1.91 bits per heavy atom. The standard InChI is InChI=1S/C42H23N3S/c1-2-8-24(9-3-1)25-16-18-27(19-17-25)41-42(44-31-13-5-4-12-30(31)43-41)45-32-14-6-10-28-29-11-7-15-34-38(29)40-35(46-34)23-21-26-20-22-33(45)39(36(26)40)37(28)32/h1-23H. The van der Waals surface area contributed by atoms with Gasteiger partial charge in [-0.15, -0.1) is 11.3 Å². The first kappa shape index (κ1) is 24.5. The minimum Gasteiger partial charge on any atom is -0.292 e. The summed E-state index contributed by atoms with van der Waals surface area (Å²) in [6, 6.07) is 50.1. The lowest BCUT2D eigenvalue weighted by molar-refractivity contribution is 1.08. The highest BCUT2D eigenvalue weighted by molar-refractivity contribution is 7.26. The highest BCUT2D eigenvalue weighted by Gasteiger charge is 2.27. The van der Waals surface area contributed by atoms with E-state index in [1.165, 1.54) is 64.0 Å². The molecule has 4 heteroatoms. The maximum Gasteiger partial charge on any atom is 0.165 e. The molecule has 11 rings (SSSR count). The van der Waals surface area contributed by atoms with Crippen molar-refractivity contribution < 1.29 is 0 Å². The second-order valence-electron chi connectivity index (χ2n) is 12.1. The van der Waals surface area contributed by atoms with Gasteiger partial charge in [0.25, 0.3) is 0 Å². The molecule has 0 bridgehead atoms. The lowest BCUT2D eigenvalue weighted by atomic mass is 9.98. The molecule has 3 nitrogen and oxygen atoms in total. The monoisotopic (exact) mass is 601 g/mol. The van der Waals surface area contributed by atoms with Crippen LogP contribution >= 0.6 is 11.3 Å². The summed E-state index contributed by atoms with van der Waals surface area (Å²) in [5.74, 6) is 0.846. The van der Waals surface area contributed by atoms with Crippen LogP contribution < -0.4 is 0 Å². The second kappa shape index (κ2) is 8.87. The number of para-hydroxylation sites is 2.